The lowest BCUT2D eigenvalue weighted by Crippen LogP contribution is -2.45. The van der Waals surface area contributed by atoms with Crippen LogP contribution < -0.4 is 10.6 Å². The van der Waals surface area contributed by atoms with E-state index in [1.54, 1.807) is 51.4 Å². The molecule has 5 rings (SSSR count). The number of H-pyrrole nitrogens is 2. The molecule has 1 aliphatic rings. The van der Waals surface area contributed by atoms with Crippen LogP contribution >= 0.6 is 0 Å². The summed E-state index contributed by atoms with van der Waals surface area (Å²) in [7, 11) is 2.82. The van der Waals surface area contributed by atoms with E-state index in [1.165, 1.54) is 18.9 Å². The van der Waals surface area contributed by atoms with Gasteiger partial charge in [-0.2, -0.15) is 13.2 Å². The Kier molecular flexibility index (Phi) is 11.0. The average molecular weight is 723 g/mol. The number of methoxy groups -OCH3 is 1. The van der Waals surface area contributed by atoms with Crippen molar-refractivity contribution in [1.82, 2.24) is 40.4 Å². The first-order valence-corrected chi connectivity index (χ1v) is 16.6. The van der Waals surface area contributed by atoms with Crippen molar-refractivity contribution < 1.29 is 37.4 Å². The van der Waals surface area contributed by atoms with Crippen molar-refractivity contribution >= 4 is 18.1 Å². The molecule has 4 atom stereocenters. The first-order chi connectivity index (χ1) is 24.6. The zero-order valence-corrected chi connectivity index (χ0v) is 29.3. The van der Waals surface area contributed by atoms with Gasteiger partial charge in [-0.25, -0.2) is 19.6 Å². The summed E-state index contributed by atoms with van der Waals surface area (Å²) in [5.74, 6) is 0.280. The minimum atomic E-state index is -4.68. The summed E-state index contributed by atoms with van der Waals surface area (Å²) in [4.78, 5) is 53.2. The zero-order valence-electron chi connectivity index (χ0n) is 29.3. The molecule has 0 spiro atoms. The number of carboxylic acid groups (broad SMARTS) is 1. The largest absolute Gasteiger partial charge is 0.465 e. The molecule has 16 heteroatoms. The minimum absolute atomic E-state index is 0.172. The molecule has 1 saturated heterocycles. The Bertz CT molecular complexity index is 1920. The number of amides is 3. The van der Waals surface area contributed by atoms with E-state index in [0.29, 0.717) is 42.2 Å². The number of carbonyl (C=O) groups excluding carboxylic acids is 2. The quantitative estimate of drug-likeness (QED) is 0.114. The van der Waals surface area contributed by atoms with Gasteiger partial charge in [-0.3, -0.25) is 4.79 Å². The van der Waals surface area contributed by atoms with Crippen molar-refractivity contribution in [2.75, 3.05) is 20.7 Å². The lowest BCUT2D eigenvalue weighted by atomic mass is 10.0. The zero-order chi connectivity index (χ0) is 37.9. The lowest BCUT2D eigenvalue weighted by molar-refractivity contribution is -0.140. The summed E-state index contributed by atoms with van der Waals surface area (Å²) in [6.45, 7) is 9.60. The normalized spacial score (nSPS) is 16.2. The van der Waals surface area contributed by atoms with Crippen molar-refractivity contribution in [3.63, 3.8) is 0 Å². The number of likely N-dealkylation sites (tertiary alicyclic amines) is 1. The Hall–Kier alpha value is -5.80. The molecule has 0 radical (unpaired) electrons. The van der Waals surface area contributed by atoms with Gasteiger partial charge in [0.15, 0.2) is 0 Å². The third-order valence-corrected chi connectivity index (χ3v) is 9.28. The second kappa shape index (κ2) is 15.2. The Labute approximate surface area is 298 Å². The fourth-order valence-electron chi connectivity index (χ4n) is 6.21. The highest BCUT2D eigenvalue weighted by atomic mass is 19.4. The minimum Gasteiger partial charge on any atom is -0.465 e. The van der Waals surface area contributed by atoms with Crippen molar-refractivity contribution in [2.45, 2.75) is 64.0 Å². The molecule has 276 valence electrons. The predicted octanol–water partition coefficient (Wildman–Crippen LogP) is 6.72. The highest BCUT2D eigenvalue weighted by Gasteiger charge is 2.40. The third kappa shape index (κ3) is 8.05. The van der Waals surface area contributed by atoms with E-state index < -0.39 is 54.1 Å². The van der Waals surface area contributed by atoms with Crippen LogP contribution in [0.1, 0.15) is 63.0 Å². The fourth-order valence-corrected chi connectivity index (χ4v) is 6.21. The Balaban J connectivity index is 1.32. The standard InChI is InChI=1S/C36H41F3N8O5/c1-19(42-35(51)52-6)21(3)47-17-7-8-28(47)32-44-29(30(45-32)36(37,38)39)26-15-11-24(12-16-26)23-9-13-25(14-10-23)27-18-40-31(43-27)22(4)46(5)33(48)20(2)41-34(49)50/h9-16,18-20,22,28,41H,3,7-8,17H2,1-2,4-6H3,(H,40,43)(H,42,51)(H,44,45)(H,49,50)/t19?,20?,22?,28-/m0/s1. The second-order valence-corrected chi connectivity index (χ2v) is 12.7. The number of imidazole rings is 2. The highest BCUT2D eigenvalue weighted by Crippen LogP contribution is 2.41. The van der Waals surface area contributed by atoms with Gasteiger partial charge in [-0.05, 0) is 50.3 Å². The molecule has 1 aliphatic heterocycles. The monoisotopic (exact) mass is 722 g/mol. The molecule has 0 aliphatic carbocycles. The van der Waals surface area contributed by atoms with Gasteiger partial charge >= 0.3 is 18.4 Å². The summed E-state index contributed by atoms with van der Waals surface area (Å²) in [6.07, 6.45) is -3.69. The number of carbonyl (C=O) groups is 3. The van der Waals surface area contributed by atoms with Gasteiger partial charge in [0, 0.05) is 24.9 Å². The Morgan fingerprint density at radius 2 is 1.58 bits per heavy atom. The van der Waals surface area contributed by atoms with Gasteiger partial charge in [0.25, 0.3) is 0 Å². The SMILES string of the molecule is C=C(C(C)NC(=O)OC)N1CCC[C@H]1c1nc(-c2ccc(-c3ccc(-c4cnc(C(C)N(C)C(=O)C(C)NC(=O)O)[nH]4)cc3)cc2)c(C(F)(F)F)[nH]1. The molecule has 0 saturated carbocycles. The summed E-state index contributed by atoms with van der Waals surface area (Å²) >= 11 is 0. The first-order valence-electron chi connectivity index (χ1n) is 16.6. The number of nitrogens with one attached hydrogen (secondary N) is 4. The maximum absolute atomic E-state index is 14.3. The molecule has 3 amide bonds. The molecule has 52 heavy (non-hydrogen) atoms. The molecule has 13 nitrogen and oxygen atoms in total. The van der Waals surface area contributed by atoms with Crippen LogP contribution in [0.4, 0.5) is 22.8 Å². The number of benzene rings is 2. The van der Waals surface area contributed by atoms with E-state index in [9.17, 15) is 27.6 Å². The highest BCUT2D eigenvalue weighted by molar-refractivity contribution is 5.85. The van der Waals surface area contributed by atoms with Crippen molar-refractivity contribution in [1.29, 1.82) is 0 Å². The molecule has 3 heterocycles. The number of likely N-dealkylation sites (N-methyl/N-ethyl adjacent to an activating group) is 1. The average Bonchev–Trinajstić information content (AvgIpc) is 3.90. The molecular weight excluding hydrogens is 681 g/mol. The third-order valence-electron chi connectivity index (χ3n) is 9.28. The smallest absolute Gasteiger partial charge is 0.433 e. The summed E-state index contributed by atoms with van der Waals surface area (Å²) in [5, 5.41) is 13.7. The molecular formula is C36H41F3N8O5. The van der Waals surface area contributed by atoms with Crippen LogP contribution in [0.2, 0.25) is 0 Å². The summed E-state index contributed by atoms with van der Waals surface area (Å²) in [6, 6.07) is 11.9. The van der Waals surface area contributed by atoms with Crippen molar-refractivity contribution in [2.24, 2.45) is 0 Å². The van der Waals surface area contributed by atoms with Crippen LogP contribution in [0.15, 0.2) is 67.0 Å². The van der Waals surface area contributed by atoms with Crippen LogP contribution in [0, 0.1) is 0 Å². The molecule has 0 bridgehead atoms. The van der Waals surface area contributed by atoms with Crippen LogP contribution in [0.5, 0.6) is 0 Å². The molecule has 2 aromatic heterocycles. The fraction of sp³-hybridized carbons (Fsp3) is 0.361. The van der Waals surface area contributed by atoms with Crippen LogP contribution in [0.25, 0.3) is 33.6 Å². The van der Waals surface area contributed by atoms with E-state index >= 15 is 0 Å². The van der Waals surface area contributed by atoms with E-state index in [1.807, 2.05) is 29.2 Å². The van der Waals surface area contributed by atoms with E-state index in [0.717, 1.165) is 16.7 Å². The number of halogens is 3. The first kappa shape index (κ1) is 37.5. The maximum atomic E-state index is 14.3. The van der Waals surface area contributed by atoms with Gasteiger partial charge in [-0.15, -0.1) is 0 Å². The van der Waals surface area contributed by atoms with Crippen LogP contribution in [0.3, 0.4) is 0 Å². The number of aromatic amines is 2. The van der Waals surface area contributed by atoms with Gasteiger partial charge in [0.05, 0.1) is 37.1 Å². The second-order valence-electron chi connectivity index (χ2n) is 12.7. The van der Waals surface area contributed by atoms with E-state index in [4.69, 9.17) is 5.11 Å². The number of alkyl halides is 3. The number of aromatic nitrogens is 4. The number of nitrogens with zero attached hydrogens (tertiary/aromatic N) is 4. The topological polar surface area (TPSA) is 169 Å². The predicted molar refractivity (Wildman–Crippen MR) is 187 cm³/mol. The lowest BCUT2D eigenvalue weighted by Gasteiger charge is -2.31. The number of alkyl carbamates (subject to hydrolysis) is 1. The number of hydrogen-bond acceptors (Lipinski definition) is 7. The summed E-state index contributed by atoms with van der Waals surface area (Å²) < 4.78 is 47.6. The van der Waals surface area contributed by atoms with Gasteiger partial charge in [-0.1, -0.05) is 55.1 Å². The number of rotatable bonds is 11. The van der Waals surface area contributed by atoms with Gasteiger partial charge in [0.1, 0.15) is 29.1 Å². The van der Waals surface area contributed by atoms with Crippen LogP contribution in [-0.4, -0.2) is 85.7 Å². The Morgan fingerprint density at radius 1 is 0.981 bits per heavy atom. The molecule has 3 unspecified atom stereocenters. The molecule has 1 fully saturated rings. The molecule has 5 N–H and O–H groups in total. The number of ether oxygens (including phenoxy) is 1. The van der Waals surface area contributed by atoms with Crippen molar-refractivity contribution in [3.05, 3.63) is 84.3 Å². The van der Waals surface area contributed by atoms with Gasteiger partial charge < -0.3 is 40.2 Å². The number of hydrogen-bond donors (Lipinski definition) is 5. The van der Waals surface area contributed by atoms with E-state index in [2.05, 4.69) is 41.9 Å². The van der Waals surface area contributed by atoms with Crippen molar-refractivity contribution in [3.8, 4) is 33.6 Å². The Morgan fingerprint density at radius 3 is 2.15 bits per heavy atom. The van der Waals surface area contributed by atoms with Gasteiger partial charge in [0.2, 0.25) is 5.91 Å². The van der Waals surface area contributed by atoms with E-state index in [-0.39, 0.29) is 11.5 Å². The maximum Gasteiger partial charge on any atom is 0.433 e. The molecule has 2 aromatic carbocycles. The summed E-state index contributed by atoms with van der Waals surface area (Å²) in [5.41, 5.74) is 2.84. The molecule has 4 aromatic rings. The van der Waals surface area contributed by atoms with Crippen LogP contribution in [-0.2, 0) is 15.7 Å².